The first-order valence-electron chi connectivity index (χ1n) is 7.68. The number of hydrogen-bond donors (Lipinski definition) is 3. The van der Waals surface area contributed by atoms with Crippen molar-refractivity contribution >= 4 is 23.0 Å². The lowest BCUT2D eigenvalue weighted by atomic mass is 10.1. The van der Waals surface area contributed by atoms with Crippen molar-refractivity contribution in [3.05, 3.63) is 64.2 Å². The van der Waals surface area contributed by atoms with E-state index < -0.39 is 10.8 Å². The number of carbonyl (C=O) groups excluding carboxylic acids is 1. The summed E-state index contributed by atoms with van der Waals surface area (Å²) in [6.07, 6.45) is 0. The molecule has 0 bridgehead atoms. The highest BCUT2D eigenvalue weighted by molar-refractivity contribution is 6.08. The Balaban J connectivity index is 2.41. The molecule has 8 heteroatoms. The Morgan fingerprint density at radius 1 is 1.08 bits per heavy atom. The van der Waals surface area contributed by atoms with Crippen LogP contribution in [-0.2, 0) is 0 Å². The summed E-state index contributed by atoms with van der Waals surface area (Å²) in [5, 5.41) is 32.1. The first kappa shape index (κ1) is 18.4. The highest BCUT2D eigenvalue weighted by Crippen LogP contribution is 2.26. The van der Waals surface area contributed by atoms with Gasteiger partial charge in [0.25, 0.3) is 11.6 Å². The Kier molecular flexibility index (Phi) is 6.44. The number of nitro benzene ring substituents is 1. The number of aliphatic hydroxyl groups excluding tert-OH is 2. The number of nitrogens with zero attached hydrogens (tertiary/aromatic N) is 2. The summed E-state index contributed by atoms with van der Waals surface area (Å²) in [6.45, 7) is 0.00143. The van der Waals surface area contributed by atoms with E-state index in [1.165, 1.54) is 18.2 Å². The highest BCUT2D eigenvalue weighted by atomic mass is 16.6. The Labute approximate surface area is 144 Å². The molecule has 0 fully saturated rings. The molecule has 132 valence electrons. The summed E-state index contributed by atoms with van der Waals surface area (Å²) in [5.74, 6) is -0.509. The Morgan fingerprint density at radius 3 is 2.28 bits per heavy atom. The lowest BCUT2D eigenvalue weighted by Crippen LogP contribution is -2.31. The number of carbonyl (C=O) groups is 1. The Hall–Kier alpha value is -2.97. The zero-order chi connectivity index (χ0) is 18.2. The van der Waals surface area contributed by atoms with E-state index in [1.807, 2.05) is 0 Å². The van der Waals surface area contributed by atoms with Gasteiger partial charge in [-0.1, -0.05) is 18.2 Å². The first-order chi connectivity index (χ1) is 12.1. The van der Waals surface area contributed by atoms with Gasteiger partial charge in [-0.25, -0.2) is 0 Å². The van der Waals surface area contributed by atoms with Crippen LogP contribution in [0, 0.1) is 10.1 Å². The normalized spacial score (nSPS) is 10.3. The lowest BCUT2D eigenvalue weighted by Gasteiger charge is -2.25. The number of benzene rings is 2. The second kappa shape index (κ2) is 8.76. The van der Waals surface area contributed by atoms with E-state index in [2.05, 4.69) is 5.32 Å². The number of nitrogens with one attached hydrogen (secondary N) is 1. The van der Waals surface area contributed by atoms with Gasteiger partial charge in [0.2, 0.25) is 0 Å². The molecule has 3 N–H and O–H groups in total. The average Bonchev–Trinajstić information content (AvgIpc) is 2.62. The van der Waals surface area contributed by atoms with Crippen molar-refractivity contribution in [3.63, 3.8) is 0 Å². The van der Waals surface area contributed by atoms with E-state index in [1.54, 1.807) is 35.2 Å². The fourth-order valence-corrected chi connectivity index (χ4v) is 2.41. The molecule has 0 saturated carbocycles. The van der Waals surface area contributed by atoms with Gasteiger partial charge in [0, 0.05) is 30.9 Å². The average molecular weight is 345 g/mol. The fourth-order valence-electron chi connectivity index (χ4n) is 2.41. The molecule has 2 aromatic rings. The van der Waals surface area contributed by atoms with Crippen LogP contribution in [0.25, 0.3) is 0 Å². The predicted octanol–water partition coefficient (Wildman–Crippen LogP) is 1.64. The minimum atomic E-state index is -0.578. The van der Waals surface area contributed by atoms with Crippen molar-refractivity contribution in [2.75, 3.05) is 36.5 Å². The quantitative estimate of drug-likeness (QED) is 0.495. The zero-order valence-electron chi connectivity index (χ0n) is 13.5. The standard InChI is InChI=1S/C17H19N3O5/c21-10-8-19(9-11-22)16-7-6-14(20(24)25)12-15(16)17(23)18-13-4-2-1-3-5-13/h1-7,12,21-22H,8-11H2,(H,18,23). The monoisotopic (exact) mass is 345 g/mol. The third-order valence-electron chi connectivity index (χ3n) is 3.55. The molecule has 0 unspecified atom stereocenters. The van der Waals surface area contributed by atoms with Crippen molar-refractivity contribution in [1.29, 1.82) is 0 Å². The number of para-hydroxylation sites is 1. The minimum absolute atomic E-state index is 0.0972. The number of hydrogen-bond acceptors (Lipinski definition) is 6. The molecule has 0 heterocycles. The van der Waals surface area contributed by atoms with Crippen molar-refractivity contribution < 1.29 is 19.9 Å². The number of rotatable bonds is 8. The van der Waals surface area contributed by atoms with E-state index in [0.29, 0.717) is 11.4 Å². The van der Waals surface area contributed by atoms with Gasteiger partial charge in [-0.05, 0) is 18.2 Å². The Bertz CT molecular complexity index is 730. The van der Waals surface area contributed by atoms with Crippen LogP contribution < -0.4 is 10.2 Å². The van der Waals surface area contributed by atoms with Crippen LogP contribution in [0.5, 0.6) is 0 Å². The van der Waals surface area contributed by atoms with Gasteiger partial charge < -0.3 is 20.4 Å². The molecule has 0 aliphatic heterocycles. The van der Waals surface area contributed by atoms with Gasteiger partial charge in [-0.3, -0.25) is 14.9 Å². The molecule has 0 radical (unpaired) electrons. The third kappa shape index (κ3) is 4.75. The van der Waals surface area contributed by atoms with Gasteiger partial charge in [0.05, 0.1) is 29.4 Å². The molecule has 0 aliphatic rings. The topological polar surface area (TPSA) is 116 Å². The molecule has 8 nitrogen and oxygen atoms in total. The van der Waals surface area contributed by atoms with Crippen LogP contribution in [0.1, 0.15) is 10.4 Å². The SMILES string of the molecule is O=C(Nc1ccccc1)c1cc([N+](=O)[O-])ccc1N(CCO)CCO. The van der Waals surface area contributed by atoms with Gasteiger partial charge >= 0.3 is 0 Å². The fraction of sp³-hybridized carbons (Fsp3) is 0.235. The molecule has 0 aromatic heterocycles. The summed E-state index contributed by atoms with van der Waals surface area (Å²) in [5.41, 5.74) is 0.845. The molecule has 25 heavy (non-hydrogen) atoms. The van der Waals surface area contributed by atoms with Crippen LogP contribution >= 0.6 is 0 Å². The van der Waals surface area contributed by atoms with Crippen molar-refractivity contribution in [3.8, 4) is 0 Å². The van der Waals surface area contributed by atoms with E-state index in [9.17, 15) is 25.1 Å². The summed E-state index contributed by atoms with van der Waals surface area (Å²) < 4.78 is 0. The van der Waals surface area contributed by atoms with E-state index >= 15 is 0 Å². The van der Waals surface area contributed by atoms with Gasteiger partial charge in [0.1, 0.15) is 0 Å². The molecule has 2 aromatic carbocycles. The van der Waals surface area contributed by atoms with Gasteiger partial charge in [-0.2, -0.15) is 0 Å². The number of amides is 1. The summed E-state index contributed by atoms with van der Waals surface area (Å²) in [4.78, 5) is 24.7. The maximum atomic E-state index is 12.6. The number of non-ortho nitro benzene ring substituents is 1. The number of anilines is 2. The first-order valence-corrected chi connectivity index (χ1v) is 7.68. The van der Waals surface area contributed by atoms with Crippen LogP contribution in [-0.4, -0.2) is 47.3 Å². The molecule has 0 aliphatic carbocycles. The summed E-state index contributed by atoms with van der Waals surface area (Å²) in [6, 6.07) is 12.7. The zero-order valence-corrected chi connectivity index (χ0v) is 13.5. The highest BCUT2D eigenvalue weighted by Gasteiger charge is 2.20. The van der Waals surface area contributed by atoms with Gasteiger partial charge in [-0.15, -0.1) is 0 Å². The maximum absolute atomic E-state index is 12.6. The summed E-state index contributed by atoms with van der Waals surface area (Å²) in [7, 11) is 0. The number of nitro groups is 1. The molecule has 0 saturated heterocycles. The third-order valence-corrected chi connectivity index (χ3v) is 3.55. The maximum Gasteiger partial charge on any atom is 0.270 e. The number of aliphatic hydroxyl groups is 2. The van der Waals surface area contributed by atoms with Crippen LogP contribution in [0.15, 0.2) is 48.5 Å². The van der Waals surface area contributed by atoms with Crippen LogP contribution in [0.2, 0.25) is 0 Å². The molecule has 2 rings (SSSR count). The Morgan fingerprint density at radius 2 is 1.72 bits per heavy atom. The largest absolute Gasteiger partial charge is 0.395 e. The van der Waals surface area contributed by atoms with Crippen molar-refractivity contribution in [1.82, 2.24) is 0 Å². The second-order valence-electron chi connectivity index (χ2n) is 5.21. The molecular weight excluding hydrogens is 326 g/mol. The minimum Gasteiger partial charge on any atom is -0.395 e. The molecule has 0 spiro atoms. The summed E-state index contributed by atoms with van der Waals surface area (Å²) >= 11 is 0. The lowest BCUT2D eigenvalue weighted by molar-refractivity contribution is -0.384. The van der Waals surface area contributed by atoms with Crippen molar-refractivity contribution in [2.24, 2.45) is 0 Å². The van der Waals surface area contributed by atoms with Crippen LogP contribution in [0.3, 0.4) is 0 Å². The van der Waals surface area contributed by atoms with Crippen LogP contribution in [0.4, 0.5) is 17.1 Å². The second-order valence-corrected chi connectivity index (χ2v) is 5.21. The molecular formula is C17H19N3O5. The predicted molar refractivity (Wildman–Crippen MR) is 93.9 cm³/mol. The smallest absolute Gasteiger partial charge is 0.270 e. The molecule has 1 amide bonds. The van der Waals surface area contributed by atoms with E-state index in [-0.39, 0.29) is 37.6 Å². The van der Waals surface area contributed by atoms with Gasteiger partial charge in [0.15, 0.2) is 0 Å². The van der Waals surface area contributed by atoms with E-state index in [4.69, 9.17) is 0 Å². The van der Waals surface area contributed by atoms with E-state index in [0.717, 1.165) is 0 Å². The van der Waals surface area contributed by atoms with Crippen molar-refractivity contribution in [2.45, 2.75) is 0 Å². The molecule has 0 atom stereocenters.